The van der Waals surface area contributed by atoms with Crippen LogP contribution in [0, 0.1) is 5.92 Å². The number of alkyl halides is 2. The fourth-order valence-corrected chi connectivity index (χ4v) is 2.72. The minimum Gasteiger partial charge on any atom is -0.497 e. The molecule has 0 N–H and O–H groups in total. The predicted molar refractivity (Wildman–Crippen MR) is 60.2 cm³/mol. The number of ether oxygens (including phenoxy) is 2. The van der Waals surface area contributed by atoms with Crippen molar-refractivity contribution in [2.24, 2.45) is 5.92 Å². The lowest BCUT2D eigenvalue weighted by Gasteiger charge is -2.31. The number of hydrogen-bond donors (Lipinski definition) is 0. The van der Waals surface area contributed by atoms with Crippen LogP contribution >= 0.6 is 31.9 Å². The third-order valence-electron chi connectivity index (χ3n) is 2.06. The highest BCUT2D eigenvalue weighted by Crippen LogP contribution is 2.36. The lowest BCUT2D eigenvalue weighted by atomic mass is 9.98. The van der Waals surface area contributed by atoms with Gasteiger partial charge in [0.2, 0.25) is 0 Å². The van der Waals surface area contributed by atoms with Crippen molar-refractivity contribution in [3.8, 4) is 0 Å². The molecule has 0 aliphatic heterocycles. The molecule has 0 spiro atoms. The standard InChI is InChI=1S/C9H12Br2O2/c1-12-8-3-4-9(11,13-2)7(5-8)6-10/h3-5,7H,6H2,1-2H3. The van der Waals surface area contributed by atoms with Crippen molar-refractivity contribution in [2.45, 2.75) is 4.51 Å². The first kappa shape index (κ1) is 11.3. The molecule has 1 rings (SSSR count). The molecular formula is C9H12Br2O2. The van der Waals surface area contributed by atoms with Gasteiger partial charge in [0.1, 0.15) is 10.3 Å². The van der Waals surface area contributed by atoms with Crippen molar-refractivity contribution >= 4 is 31.9 Å². The van der Waals surface area contributed by atoms with Gasteiger partial charge in [0.15, 0.2) is 0 Å². The van der Waals surface area contributed by atoms with Crippen LogP contribution in [-0.4, -0.2) is 24.1 Å². The number of halogens is 2. The summed E-state index contributed by atoms with van der Waals surface area (Å²) >= 11 is 6.98. The van der Waals surface area contributed by atoms with Crippen LogP contribution in [0.25, 0.3) is 0 Å². The normalized spacial score (nSPS) is 32.9. The molecule has 2 atom stereocenters. The number of rotatable bonds is 3. The van der Waals surface area contributed by atoms with Crippen LogP contribution in [0.2, 0.25) is 0 Å². The number of methoxy groups -OCH3 is 2. The Labute approximate surface area is 95.2 Å². The van der Waals surface area contributed by atoms with Crippen molar-refractivity contribution in [3.63, 3.8) is 0 Å². The first-order valence-electron chi connectivity index (χ1n) is 3.91. The lowest BCUT2D eigenvalue weighted by Crippen LogP contribution is -2.33. The van der Waals surface area contributed by atoms with E-state index in [-0.39, 0.29) is 5.92 Å². The average Bonchev–Trinajstić information content (AvgIpc) is 2.18. The SMILES string of the molecule is COC1=CC(CBr)C(Br)(OC)C=C1. The summed E-state index contributed by atoms with van der Waals surface area (Å²) in [5.41, 5.74) is 0. The Morgan fingerprint density at radius 3 is 2.69 bits per heavy atom. The van der Waals surface area contributed by atoms with E-state index < -0.39 is 4.51 Å². The van der Waals surface area contributed by atoms with Crippen LogP contribution < -0.4 is 0 Å². The largest absolute Gasteiger partial charge is 0.497 e. The Balaban J connectivity index is 2.85. The highest BCUT2D eigenvalue weighted by molar-refractivity contribution is 9.10. The van der Waals surface area contributed by atoms with E-state index >= 15 is 0 Å². The summed E-state index contributed by atoms with van der Waals surface area (Å²) in [6.45, 7) is 0. The molecule has 1 aliphatic carbocycles. The molecule has 4 heteroatoms. The third kappa shape index (κ3) is 2.36. The minimum absolute atomic E-state index is 0.234. The molecule has 1 aliphatic rings. The van der Waals surface area contributed by atoms with Gasteiger partial charge in [0.25, 0.3) is 0 Å². The van der Waals surface area contributed by atoms with E-state index in [1.165, 1.54) is 0 Å². The maximum atomic E-state index is 5.37. The molecule has 0 aromatic rings. The molecule has 0 saturated carbocycles. The van der Waals surface area contributed by atoms with Crippen molar-refractivity contribution in [3.05, 3.63) is 24.0 Å². The maximum absolute atomic E-state index is 5.37. The van der Waals surface area contributed by atoms with Crippen LogP contribution in [0.15, 0.2) is 24.0 Å². The van der Waals surface area contributed by atoms with Gasteiger partial charge in [-0.15, -0.1) is 0 Å². The van der Waals surface area contributed by atoms with Crippen molar-refractivity contribution in [1.29, 1.82) is 0 Å². The van der Waals surface area contributed by atoms with Crippen molar-refractivity contribution in [2.75, 3.05) is 19.5 Å². The van der Waals surface area contributed by atoms with Gasteiger partial charge in [0.05, 0.1) is 7.11 Å². The second-order valence-corrected chi connectivity index (χ2v) is 4.66. The molecule has 0 heterocycles. The smallest absolute Gasteiger partial charge is 0.148 e. The summed E-state index contributed by atoms with van der Waals surface area (Å²) < 4.78 is 10.1. The fraction of sp³-hybridized carbons (Fsp3) is 0.556. The molecule has 2 unspecified atom stereocenters. The average molecular weight is 312 g/mol. The van der Waals surface area contributed by atoms with Gasteiger partial charge in [-0.2, -0.15) is 0 Å². The van der Waals surface area contributed by atoms with E-state index in [0.29, 0.717) is 0 Å². The van der Waals surface area contributed by atoms with Gasteiger partial charge < -0.3 is 9.47 Å². The van der Waals surface area contributed by atoms with Gasteiger partial charge in [-0.25, -0.2) is 0 Å². The molecule has 13 heavy (non-hydrogen) atoms. The summed E-state index contributed by atoms with van der Waals surface area (Å²) in [5, 5.41) is 0.823. The lowest BCUT2D eigenvalue weighted by molar-refractivity contribution is 0.0863. The second kappa shape index (κ2) is 4.62. The third-order valence-corrected chi connectivity index (χ3v) is 3.93. The minimum atomic E-state index is -0.404. The number of hydrogen-bond acceptors (Lipinski definition) is 2. The maximum Gasteiger partial charge on any atom is 0.148 e. The Morgan fingerprint density at radius 2 is 2.23 bits per heavy atom. The monoisotopic (exact) mass is 310 g/mol. The van der Waals surface area contributed by atoms with Crippen LogP contribution in [0.1, 0.15) is 0 Å². The first-order chi connectivity index (χ1) is 6.16. The Hall–Kier alpha value is 0.200. The van der Waals surface area contributed by atoms with Gasteiger partial charge in [-0.05, 0) is 34.2 Å². The zero-order chi connectivity index (χ0) is 9.90. The quantitative estimate of drug-likeness (QED) is 0.746. The van der Waals surface area contributed by atoms with Crippen LogP contribution in [0.5, 0.6) is 0 Å². The molecule has 0 aromatic heterocycles. The van der Waals surface area contributed by atoms with Gasteiger partial charge in [0, 0.05) is 18.4 Å². The second-order valence-electron chi connectivity index (χ2n) is 2.77. The Bertz CT molecular complexity index is 238. The molecular weight excluding hydrogens is 300 g/mol. The first-order valence-corrected chi connectivity index (χ1v) is 5.83. The molecule has 0 amide bonds. The van der Waals surface area contributed by atoms with Crippen LogP contribution in [0.3, 0.4) is 0 Å². The van der Waals surface area contributed by atoms with Crippen LogP contribution in [-0.2, 0) is 9.47 Å². The van der Waals surface area contributed by atoms with E-state index in [2.05, 4.69) is 31.9 Å². The van der Waals surface area contributed by atoms with Crippen molar-refractivity contribution in [1.82, 2.24) is 0 Å². The van der Waals surface area contributed by atoms with E-state index in [0.717, 1.165) is 11.1 Å². The van der Waals surface area contributed by atoms with Gasteiger partial charge in [-0.1, -0.05) is 15.9 Å². The Kier molecular flexibility index (Phi) is 4.01. The zero-order valence-corrected chi connectivity index (χ0v) is 10.8. The molecule has 0 radical (unpaired) electrons. The molecule has 0 saturated heterocycles. The molecule has 0 fully saturated rings. The number of allylic oxidation sites excluding steroid dienone is 1. The van der Waals surface area contributed by atoms with E-state index in [1.54, 1.807) is 14.2 Å². The highest BCUT2D eigenvalue weighted by Gasteiger charge is 2.34. The van der Waals surface area contributed by atoms with Crippen LogP contribution in [0.4, 0.5) is 0 Å². The highest BCUT2D eigenvalue weighted by atomic mass is 79.9. The van der Waals surface area contributed by atoms with E-state index in [4.69, 9.17) is 9.47 Å². The summed E-state index contributed by atoms with van der Waals surface area (Å²) in [6.07, 6.45) is 5.89. The zero-order valence-electron chi connectivity index (χ0n) is 7.59. The summed E-state index contributed by atoms with van der Waals surface area (Å²) in [5.74, 6) is 1.11. The van der Waals surface area contributed by atoms with E-state index in [1.807, 2.05) is 18.2 Å². The van der Waals surface area contributed by atoms with E-state index in [9.17, 15) is 0 Å². The fourth-order valence-electron chi connectivity index (χ4n) is 1.19. The summed E-state index contributed by atoms with van der Waals surface area (Å²) in [7, 11) is 3.34. The topological polar surface area (TPSA) is 18.5 Å². The summed E-state index contributed by atoms with van der Waals surface area (Å²) in [6, 6.07) is 0. The van der Waals surface area contributed by atoms with Gasteiger partial charge in [-0.3, -0.25) is 0 Å². The Morgan fingerprint density at radius 1 is 1.54 bits per heavy atom. The molecule has 74 valence electrons. The van der Waals surface area contributed by atoms with Crippen molar-refractivity contribution < 1.29 is 9.47 Å². The van der Waals surface area contributed by atoms with Gasteiger partial charge >= 0.3 is 0 Å². The molecule has 0 bridgehead atoms. The molecule has 0 aromatic carbocycles. The molecule has 2 nitrogen and oxygen atoms in total. The summed E-state index contributed by atoms with van der Waals surface area (Å²) in [4.78, 5) is 0. The predicted octanol–water partition coefficient (Wildman–Crippen LogP) is 2.84.